The first-order valence-corrected chi connectivity index (χ1v) is 8.39. The zero-order valence-corrected chi connectivity index (χ0v) is 13.4. The fourth-order valence-electron chi connectivity index (χ4n) is 1.72. The number of halogens is 1. The summed E-state index contributed by atoms with van der Waals surface area (Å²) in [4.78, 5) is 11.7. The quantitative estimate of drug-likeness (QED) is 0.891. The number of carbonyl (C=O) groups excluding carboxylic acids is 1. The third kappa shape index (κ3) is 3.99. The van der Waals surface area contributed by atoms with Crippen LogP contribution in [0.15, 0.2) is 33.7 Å². The van der Waals surface area contributed by atoms with Crippen molar-refractivity contribution in [2.45, 2.75) is 11.8 Å². The predicted octanol–water partition coefficient (Wildman–Crippen LogP) is 2.06. The van der Waals surface area contributed by atoms with Crippen LogP contribution in [0, 0.1) is 6.92 Å². The first-order valence-electron chi connectivity index (χ1n) is 6.12. The van der Waals surface area contributed by atoms with Gasteiger partial charge in [-0.25, -0.2) is 8.42 Å². The summed E-state index contributed by atoms with van der Waals surface area (Å²) in [6.45, 7) is 1.34. The van der Waals surface area contributed by atoms with E-state index in [4.69, 9.17) is 20.9 Å². The second kappa shape index (κ2) is 6.37. The number of anilines is 1. The molecule has 9 heteroatoms. The Balaban J connectivity index is 2.10. The SMILES string of the molecule is Cc1cc(OCC(=O)Nc2cccc(Cl)c2S(C)(=O)=O)no1. The van der Waals surface area contributed by atoms with E-state index < -0.39 is 15.7 Å². The van der Waals surface area contributed by atoms with Gasteiger partial charge in [0.05, 0.1) is 10.7 Å². The number of hydrogen-bond acceptors (Lipinski definition) is 6. The van der Waals surface area contributed by atoms with Crippen LogP contribution >= 0.6 is 11.6 Å². The monoisotopic (exact) mass is 344 g/mol. The van der Waals surface area contributed by atoms with Gasteiger partial charge in [-0.15, -0.1) is 0 Å². The Hall–Kier alpha value is -2.06. The molecule has 2 aromatic rings. The fraction of sp³-hybridized carbons (Fsp3) is 0.231. The molecule has 0 aliphatic carbocycles. The fourth-order valence-corrected chi connectivity index (χ4v) is 3.26. The van der Waals surface area contributed by atoms with Crippen LogP contribution in [0.4, 0.5) is 5.69 Å². The molecule has 0 aliphatic heterocycles. The molecule has 0 fully saturated rings. The molecule has 1 amide bonds. The van der Waals surface area contributed by atoms with Crippen molar-refractivity contribution >= 4 is 33.0 Å². The lowest BCUT2D eigenvalue weighted by Gasteiger charge is -2.11. The molecule has 22 heavy (non-hydrogen) atoms. The summed E-state index contributed by atoms with van der Waals surface area (Å²) in [6, 6.07) is 5.94. The summed E-state index contributed by atoms with van der Waals surface area (Å²) >= 11 is 5.89. The molecule has 0 atom stereocenters. The third-order valence-corrected chi connectivity index (χ3v) is 4.18. The van der Waals surface area contributed by atoms with Crippen LogP contribution in [0.3, 0.4) is 0 Å². The number of aromatic nitrogens is 1. The average molecular weight is 345 g/mol. The first kappa shape index (κ1) is 16.3. The maximum atomic E-state index is 11.9. The average Bonchev–Trinajstić information content (AvgIpc) is 2.81. The highest BCUT2D eigenvalue weighted by atomic mass is 35.5. The molecule has 1 N–H and O–H groups in total. The molecule has 1 aromatic carbocycles. The van der Waals surface area contributed by atoms with Crippen molar-refractivity contribution in [2.24, 2.45) is 0 Å². The predicted molar refractivity (Wildman–Crippen MR) is 79.9 cm³/mol. The highest BCUT2D eigenvalue weighted by Gasteiger charge is 2.19. The van der Waals surface area contributed by atoms with E-state index in [0.717, 1.165) is 6.26 Å². The molecule has 0 saturated heterocycles. The van der Waals surface area contributed by atoms with E-state index in [2.05, 4.69) is 10.5 Å². The Kier molecular flexibility index (Phi) is 4.72. The maximum Gasteiger partial charge on any atom is 0.262 e. The molecule has 0 spiro atoms. The number of amides is 1. The molecule has 118 valence electrons. The molecule has 0 bridgehead atoms. The van der Waals surface area contributed by atoms with E-state index >= 15 is 0 Å². The van der Waals surface area contributed by atoms with Gasteiger partial charge < -0.3 is 14.6 Å². The van der Waals surface area contributed by atoms with E-state index in [-0.39, 0.29) is 28.1 Å². The van der Waals surface area contributed by atoms with Crippen molar-refractivity contribution in [3.8, 4) is 5.88 Å². The van der Waals surface area contributed by atoms with Gasteiger partial charge in [0, 0.05) is 12.3 Å². The lowest BCUT2D eigenvalue weighted by Crippen LogP contribution is -2.21. The van der Waals surface area contributed by atoms with Crippen LogP contribution in [0.25, 0.3) is 0 Å². The maximum absolute atomic E-state index is 11.9. The standard InChI is InChI=1S/C13H13ClN2O5S/c1-8-6-12(16-21-8)20-7-11(17)15-10-5-3-4-9(14)13(10)22(2,18)19/h3-6H,7H2,1-2H3,(H,15,17). The summed E-state index contributed by atoms with van der Waals surface area (Å²) in [5.41, 5.74) is 0.0972. The molecule has 1 heterocycles. The number of hydrogen-bond donors (Lipinski definition) is 1. The second-order valence-corrected chi connectivity index (χ2v) is 6.86. The minimum atomic E-state index is -3.59. The Morgan fingerprint density at radius 2 is 2.18 bits per heavy atom. The van der Waals surface area contributed by atoms with E-state index in [0.29, 0.717) is 5.76 Å². The number of nitrogens with one attached hydrogen (secondary N) is 1. The molecular weight excluding hydrogens is 332 g/mol. The van der Waals surface area contributed by atoms with Gasteiger partial charge in [0.1, 0.15) is 10.7 Å². The summed E-state index contributed by atoms with van der Waals surface area (Å²) < 4.78 is 33.4. The Morgan fingerprint density at radius 3 is 2.77 bits per heavy atom. The van der Waals surface area contributed by atoms with Gasteiger partial charge in [0.25, 0.3) is 11.8 Å². The van der Waals surface area contributed by atoms with Crippen LogP contribution in [0.2, 0.25) is 5.02 Å². The van der Waals surface area contributed by atoms with Gasteiger partial charge in [0.15, 0.2) is 16.4 Å². The number of carbonyl (C=O) groups is 1. The van der Waals surface area contributed by atoms with Crippen molar-refractivity contribution in [3.63, 3.8) is 0 Å². The number of ether oxygens (including phenoxy) is 1. The minimum absolute atomic E-state index is 0.0355. The van der Waals surface area contributed by atoms with Gasteiger partial charge in [-0.3, -0.25) is 4.79 Å². The highest BCUT2D eigenvalue weighted by Crippen LogP contribution is 2.29. The van der Waals surface area contributed by atoms with Crippen LogP contribution in [0.1, 0.15) is 5.76 Å². The normalized spacial score (nSPS) is 11.2. The zero-order valence-electron chi connectivity index (χ0n) is 11.8. The van der Waals surface area contributed by atoms with Gasteiger partial charge in [-0.1, -0.05) is 17.7 Å². The van der Waals surface area contributed by atoms with Gasteiger partial charge in [0.2, 0.25) is 0 Å². The molecular formula is C13H13ClN2O5S. The third-order valence-electron chi connectivity index (χ3n) is 2.57. The minimum Gasteiger partial charge on any atom is -0.465 e. The molecule has 0 saturated carbocycles. The van der Waals surface area contributed by atoms with Gasteiger partial charge >= 0.3 is 0 Å². The zero-order chi connectivity index (χ0) is 16.3. The van der Waals surface area contributed by atoms with Crippen molar-refractivity contribution in [3.05, 3.63) is 35.0 Å². The Bertz CT molecular complexity index is 801. The molecule has 0 unspecified atom stereocenters. The highest BCUT2D eigenvalue weighted by molar-refractivity contribution is 7.91. The molecule has 0 aliphatic rings. The summed E-state index contributed by atoms with van der Waals surface area (Å²) in [5, 5.41) is 6.06. The lowest BCUT2D eigenvalue weighted by atomic mass is 10.3. The number of nitrogens with zero attached hydrogens (tertiary/aromatic N) is 1. The van der Waals surface area contributed by atoms with E-state index in [1.54, 1.807) is 6.92 Å². The number of sulfone groups is 1. The first-order chi connectivity index (χ1) is 10.3. The van der Waals surface area contributed by atoms with Crippen LogP contribution < -0.4 is 10.1 Å². The van der Waals surface area contributed by atoms with Crippen LogP contribution in [0.5, 0.6) is 5.88 Å². The van der Waals surface area contributed by atoms with Crippen LogP contribution in [-0.4, -0.2) is 32.3 Å². The van der Waals surface area contributed by atoms with Gasteiger partial charge in [-0.05, 0) is 24.2 Å². The molecule has 2 rings (SSSR count). The largest absolute Gasteiger partial charge is 0.465 e. The molecule has 7 nitrogen and oxygen atoms in total. The number of benzene rings is 1. The molecule has 1 aromatic heterocycles. The second-order valence-electron chi connectivity index (χ2n) is 4.50. The lowest BCUT2D eigenvalue weighted by molar-refractivity contribution is -0.118. The van der Waals surface area contributed by atoms with Crippen molar-refractivity contribution in [1.82, 2.24) is 5.16 Å². The number of aryl methyl sites for hydroxylation is 1. The summed E-state index contributed by atoms with van der Waals surface area (Å²) in [6.07, 6.45) is 1.01. The van der Waals surface area contributed by atoms with Crippen molar-refractivity contribution < 1.29 is 22.5 Å². The van der Waals surface area contributed by atoms with Gasteiger partial charge in [-0.2, -0.15) is 0 Å². The van der Waals surface area contributed by atoms with Crippen molar-refractivity contribution in [2.75, 3.05) is 18.2 Å². The molecule has 0 radical (unpaired) electrons. The number of rotatable bonds is 5. The van der Waals surface area contributed by atoms with E-state index in [1.807, 2.05) is 0 Å². The van der Waals surface area contributed by atoms with Crippen LogP contribution in [-0.2, 0) is 14.6 Å². The Morgan fingerprint density at radius 1 is 1.45 bits per heavy atom. The Labute approximate surface area is 132 Å². The van der Waals surface area contributed by atoms with E-state index in [1.165, 1.54) is 24.3 Å². The summed E-state index contributed by atoms with van der Waals surface area (Å²) in [5.74, 6) is 0.166. The smallest absolute Gasteiger partial charge is 0.262 e. The van der Waals surface area contributed by atoms with Crippen molar-refractivity contribution in [1.29, 1.82) is 0 Å². The topological polar surface area (TPSA) is 98.5 Å². The van der Waals surface area contributed by atoms with E-state index in [9.17, 15) is 13.2 Å². The summed E-state index contributed by atoms with van der Waals surface area (Å²) in [7, 11) is -3.59.